The number of piperidine rings is 1. The van der Waals surface area contributed by atoms with E-state index in [0.29, 0.717) is 13.1 Å². The normalized spacial score (nSPS) is 20.4. The van der Waals surface area contributed by atoms with E-state index in [1.165, 1.54) is 10.5 Å². The van der Waals surface area contributed by atoms with Crippen LogP contribution in [-0.4, -0.2) is 43.4 Å². The topological polar surface area (TPSA) is 62.3 Å². The van der Waals surface area contributed by atoms with Gasteiger partial charge in [-0.15, -0.1) is 0 Å². The number of sulfonamides is 1. The Morgan fingerprint density at radius 2 is 2.00 bits per heavy atom. The summed E-state index contributed by atoms with van der Waals surface area (Å²) in [4.78, 5) is 3.51. The second kappa shape index (κ2) is 5.15. The molecule has 0 bridgehead atoms. The van der Waals surface area contributed by atoms with E-state index in [9.17, 15) is 12.8 Å². The number of nitrogens with one attached hydrogen (secondary N) is 1. The van der Waals surface area contributed by atoms with Gasteiger partial charge in [0.2, 0.25) is 10.0 Å². The highest BCUT2D eigenvalue weighted by molar-refractivity contribution is 7.89. The summed E-state index contributed by atoms with van der Waals surface area (Å²) in [7, 11) is -1.76. The number of rotatable bonds is 3. The summed E-state index contributed by atoms with van der Waals surface area (Å²) < 4.78 is 39.2. The molecule has 0 aromatic carbocycles. The summed E-state index contributed by atoms with van der Waals surface area (Å²) >= 11 is 0. The number of hydrogen-bond donors (Lipinski definition) is 1. The van der Waals surface area contributed by atoms with E-state index in [2.05, 4.69) is 17.2 Å². The van der Waals surface area contributed by atoms with Gasteiger partial charge in [-0.05, 0) is 32.9 Å². The van der Waals surface area contributed by atoms with Crippen molar-refractivity contribution in [1.82, 2.24) is 14.6 Å². The van der Waals surface area contributed by atoms with Crippen LogP contribution in [0.25, 0.3) is 0 Å². The summed E-state index contributed by atoms with van der Waals surface area (Å²) in [6.07, 6.45) is 3.63. The van der Waals surface area contributed by atoms with Crippen LogP contribution in [0.1, 0.15) is 19.8 Å². The highest BCUT2D eigenvalue weighted by Crippen LogP contribution is 2.25. The van der Waals surface area contributed by atoms with Crippen molar-refractivity contribution in [2.45, 2.75) is 30.2 Å². The van der Waals surface area contributed by atoms with Crippen LogP contribution in [0.15, 0.2) is 23.4 Å². The molecule has 5 nitrogen and oxygen atoms in total. The van der Waals surface area contributed by atoms with Crippen molar-refractivity contribution in [3.8, 4) is 0 Å². The van der Waals surface area contributed by atoms with Gasteiger partial charge in [-0.1, -0.05) is 0 Å². The third-order valence-electron chi connectivity index (χ3n) is 3.75. The molecule has 0 spiro atoms. The summed E-state index contributed by atoms with van der Waals surface area (Å²) in [5.74, 6) is -0.641. The molecule has 0 unspecified atom stereocenters. The third kappa shape index (κ3) is 2.93. The molecule has 1 aliphatic rings. The van der Waals surface area contributed by atoms with Crippen LogP contribution < -0.4 is 5.32 Å². The van der Waals surface area contributed by atoms with E-state index in [0.717, 1.165) is 25.1 Å². The first kappa shape index (κ1) is 14.4. The van der Waals surface area contributed by atoms with Crippen molar-refractivity contribution in [1.29, 1.82) is 0 Å². The van der Waals surface area contributed by atoms with Crippen LogP contribution in [0.4, 0.5) is 4.39 Å². The van der Waals surface area contributed by atoms with Gasteiger partial charge in [0, 0.05) is 24.8 Å². The fourth-order valence-corrected chi connectivity index (χ4v) is 3.57. The Morgan fingerprint density at radius 3 is 2.53 bits per heavy atom. The summed E-state index contributed by atoms with van der Waals surface area (Å²) in [5.41, 5.74) is -0.0355. The van der Waals surface area contributed by atoms with Gasteiger partial charge in [-0.25, -0.2) is 12.8 Å². The molecule has 1 aliphatic heterocycles. The minimum atomic E-state index is -3.64. The monoisotopic (exact) mass is 287 g/mol. The molecule has 2 rings (SSSR count). The molecule has 1 N–H and O–H groups in total. The van der Waals surface area contributed by atoms with Gasteiger partial charge in [0.05, 0.1) is 6.20 Å². The number of hydrogen-bond acceptors (Lipinski definition) is 4. The lowest BCUT2D eigenvalue weighted by molar-refractivity contribution is 0.219. The van der Waals surface area contributed by atoms with Crippen molar-refractivity contribution in [2.24, 2.45) is 0 Å². The molecule has 106 valence electrons. The SMILES string of the molecule is CNC1(C)CCN(S(=O)(=O)c2cncc(F)c2)CC1. The van der Waals surface area contributed by atoms with Gasteiger partial charge in [-0.3, -0.25) is 4.98 Å². The van der Waals surface area contributed by atoms with Gasteiger partial charge in [0.15, 0.2) is 0 Å². The predicted octanol–water partition coefficient (Wildman–Crippen LogP) is 0.983. The Labute approximate surface area is 112 Å². The quantitative estimate of drug-likeness (QED) is 0.900. The molecule has 1 aromatic rings. The first-order chi connectivity index (χ1) is 8.87. The van der Waals surface area contributed by atoms with E-state index in [-0.39, 0.29) is 10.4 Å². The molecule has 1 aromatic heterocycles. The number of halogens is 1. The Balaban J connectivity index is 2.19. The van der Waals surface area contributed by atoms with Gasteiger partial charge >= 0.3 is 0 Å². The second-order valence-electron chi connectivity index (χ2n) is 5.05. The van der Waals surface area contributed by atoms with Crippen LogP contribution in [-0.2, 0) is 10.0 Å². The van der Waals surface area contributed by atoms with Crippen molar-refractivity contribution < 1.29 is 12.8 Å². The van der Waals surface area contributed by atoms with Gasteiger partial charge in [0.25, 0.3) is 0 Å². The molecule has 0 atom stereocenters. The summed E-state index contributed by atoms with van der Waals surface area (Å²) in [5, 5.41) is 3.21. The average Bonchev–Trinajstić information content (AvgIpc) is 2.39. The molecule has 7 heteroatoms. The lowest BCUT2D eigenvalue weighted by atomic mass is 9.91. The molecule has 19 heavy (non-hydrogen) atoms. The highest BCUT2D eigenvalue weighted by atomic mass is 32.2. The predicted molar refractivity (Wildman–Crippen MR) is 69.7 cm³/mol. The molecule has 0 saturated carbocycles. The number of nitrogens with zero attached hydrogens (tertiary/aromatic N) is 2. The first-order valence-corrected chi connectivity index (χ1v) is 7.61. The minimum absolute atomic E-state index is 0.0355. The Morgan fingerprint density at radius 1 is 1.37 bits per heavy atom. The smallest absolute Gasteiger partial charge is 0.244 e. The third-order valence-corrected chi connectivity index (χ3v) is 5.61. The van der Waals surface area contributed by atoms with Crippen molar-refractivity contribution in [3.05, 3.63) is 24.3 Å². The Bertz CT molecular complexity index is 554. The molecular formula is C12H18FN3O2S. The zero-order chi connectivity index (χ0) is 14.1. The van der Waals surface area contributed by atoms with E-state index in [4.69, 9.17) is 0 Å². The fourth-order valence-electron chi connectivity index (χ4n) is 2.15. The highest BCUT2D eigenvalue weighted by Gasteiger charge is 2.34. The van der Waals surface area contributed by atoms with Crippen LogP contribution >= 0.6 is 0 Å². The van der Waals surface area contributed by atoms with Crippen molar-refractivity contribution in [3.63, 3.8) is 0 Å². The van der Waals surface area contributed by atoms with Crippen LogP contribution in [0, 0.1) is 5.82 Å². The summed E-state index contributed by atoms with van der Waals surface area (Å²) in [6, 6.07) is 1.01. The molecule has 2 heterocycles. The van der Waals surface area contributed by atoms with Gasteiger partial charge in [0.1, 0.15) is 10.7 Å². The van der Waals surface area contributed by atoms with Crippen LogP contribution in [0.3, 0.4) is 0 Å². The number of pyridine rings is 1. The molecule has 0 amide bonds. The van der Waals surface area contributed by atoms with E-state index < -0.39 is 15.8 Å². The Kier molecular flexibility index (Phi) is 3.89. The molecule has 0 aliphatic carbocycles. The van der Waals surface area contributed by atoms with Crippen LogP contribution in [0.2, 0.25) is 0 Å². The molecule has 0 radical (unpaired) electrons. The maximum atomic E-state index is 13.1. The molecule has 1 fully saturated rings. The van der Waals surface area contributed by atoms with Crippen LogP contribution in [0.5, 0.6) is 0 Å². The Hall–Kier alpha value is -1.05. The first-order valence-electron chi connectivity index (χ1n) is 6.17. The van der Waals surface area contributed by atoms with E-state index >= 15 is 0 Å². The van der Waals surface area contributed by atoms with Gasteiger partial charge in [-0.2, -0.15) is 4.31 Å². The lowest BCUT2D eigenvalue weighted by Crippen LogP contribution is -2.51. The minimum Gasteiger partial charge on any atom is -0.314 e. The lowest BCUT2D eigenvalue weighted by Gasteiger charge is -2.38. The van der Waals surface area contributed by atoms with Crippen molar-refractivity contribution in [2.75, 3.05) is 20.1 Å². The standard InChI is InChI=1S/C12H18FN3O2S/c1-12(14-2)3-5-16(6-4-12)19(17,18)11-7-10(13)8-15-9-11/h7-9,14H,3-6H2,1-2H3. The summed E-state index contributed by atoms with van der Waals surface area (Å²) in [6.45, 7) is 2.92. The second-order valence-corrected chi connectivity index (χ2v) is 6.99. The average molecular weight is 287 g/mol. The fraction of sp³-hybridized carbons (Fsp3) is 0.583. The van der Waals surface area contributed by atoms with E-state index in [1.54, 1.807) is 0 Å². The van der Waals surface area contributed by atoms with Gasteiger partial charge < -0.3 is 5.32 Å². The zero-order valence-corrected chi connectivity index (χ0v) is 11.9. The molecule has 1 saturated heterocycles. The maximum absolute atomic E-state index is 13.1. The van der Waals surface area contributed by atoms with E-state index in [1.807, 2.05) is 7.05 Å². The molecular weight excluding hydrogens is 269 g/mol. The maximum Gasteiger partial charge on any atom is 0.244 e. The largest absolute Gasteiger partial charge is 0.314 e. The van der Waals surface area contributed by atoms with Crippen molar-refractivity contribution >= 4 is 10.0 Å². The zero-order valence-electron chi connectivity index (χ0n) is 11.1. The number of aromatic nitrogens is 1.